The van der Waals surface area contributed by atoms with Crippen molar-refractivity contribution in [3.63, 3.8) is 0 Å². The van der Waals surface area contributed by atoms with Crippen LogP contribution >= 0.6 is 15.9 Å². The Morgan fingerprint density at radius 2 is 2.07 bits per heavy atom. The van der Waals surface area contributed by atoms with Gasteiger partial charge in [-0.2, -0.15) is 0 Å². The molecule has 1 N–H and O–H groups in total. The molecule has 82 valence electrons. The van der Waals surface area contributed by atoms with Crippen LogP contribution in [0, 0.1) is 10.8 Å². The molecule has 3 heteroatoms. The number of carbonyl (C=O) groups is 1. The van der Waals surface area contributed by atoms with Crippen molar-refractivity contribution in [2.45, 2.75) is 40.0 Å². The van der Waals surface area contributed by atoms with Crippen LogP contribution in [0.1, 0.15) is 40.0 Å². The molecule has 0 aromatic carbocycles. The maximum absolute atomic E-state index is 11.8. The van der Waals surface area contributed by atoms with Gasteiger partial charge in [0.05, 0.1) is 0 Å². The second kappa shape index (κ2) is 4.21. The highest BCUT2D eigenvalue weighted by atomic mass is 79.9. The van der Waals surface area contributed by atoms with Crippen molar-refractivity contribution in [2.24, 2.45) is 10.8 Å². The number of carbonyl (C=O) groups excluding carboxylic acids is 1. The molecule has 0 heterocycles. The normalized spacial score (nSPS) is 19.1. The van der Waals surface area contributed by atoms with Crippen LogP contribution in [-0.2, 0) is 4.79 Å². The van der Waals surface area contributed by atoms with E-state index in [2.05, 4.69) is 28.2 Å². The number of alkyl halides is 1. The van der Waals surface area contributed by atoms with E-state index in [1.807, 2.05) is 13.8 Å². The van der Waals surface area contributed by atoms with E-state index >= 15 is 0 Å². The summed E-state index contributed by atoms with van der Waals surface area (Å²) < 4.78 is 0. The van der Waals surface area contributed by atoms with Gasteiger partial charge in [0.15, 0.2) is 0 Å². The highest BCUT2D eigenvalue weighted by Gasteiger charge is 2.42. The van der Waals surface area contributed by atoms with Gasteiger partial charge in [0.1, 0.15) is 0 Å². The van der Waals surface area contributed by atoms with Crippen molar-refractivity contribution in [1.29, 1.82) is 0 Å². The molecular weight excluding hydrogens is 242 g/mol. The van der Waals surface area contributed by atoms with Crippen LogP contribution < -0.4 is 5.32 Å². The molecule has 1 aliphatic rings. The van der Waals surface area contributed by atoms with Gasteiger partial charge < -0.3 is 5.32 Å². The zero-order valence-corrected chi connectivity index (χ0v) is 10.9. The average molecular weight is 262 g/mol. The Labute approximate surface area is 95.0 Å². The second-order valence-electron chi connectivity index (χ2n) is 5.05. The summed E-state index contributed by atoms with van der Waals surface area (Å²) in [6.07, 6.45) is 3.37. The molecule has 0 radical (unpaired) electrons. The zero-order valence-electron chi connectivity index (χ0n) is 9.32. The molecule has 14 heavy (non-hydrogen) atoms. The predicted molar refractivity (Wildman–Crippen MR) is 62.5 cm³/mol. The maximum atomic E-state index is 11.8. The monoisotopic (exact) mass is 261 g/mol. The van der Waals surface area contributed by atoms with Crippen LogP contribution in [0.4, 0.5) is 0 Å². The lowest BCUT2D eigenvalue weighted by Crippen LogP contribution is -2.39. The molecule has 0 aliphatic heterocycles. The van der Waals surface area contributed by atoms with Crippen LogP contribution in [0.3, 0.4) is 0 Å². The fourth-order valence-corrected chi connectivity index (χ4v) is 1.96. The Kier molecular flexibility index (Phi) is 3.62. The Morgan fingerprint density at radius 1 is 1.50 bits per heavy atom. The largest absolute Gasteiger partial charge is 0.355 e. The molecule has 0 saturated heterocycles. The van der Waals surface area contributed by atoms with Gasteiger partial charge in [0, 0.05) is 17.3 Å². The van der Waals surface area contributed by atoms with E-state index in [1.165, 1.54) is 12.8 Å². The number of hydrogen-bond acceptors (Lipinski definition) is 1. The van der Waals surface area contributed by atoms with Crippen LogP contribution in [0.15, 0.2) is 0 Å². The second-order valence-corrected chi connectivity index (χ2v) is 5.61. The number of hydrogen-bond donors (Lipinski definition) is 1. The summed E-state index contributed by atoms with van der Waals surface area (Å²) in [7, 11) is 0. The van der Waals surface area contributed by atoms with Gasteiger partial charge in [-0.15, -0.1) is 0 Å². The minimum absolute atomic E-state index is 0.187. The molecule has 1 amide bonds. The molecule has 2 nitrogen and oxygen atoms in total. The quantitative estimate of drug-likeness (QED) is 0.758. The maximum Gasteiger partial charge on any atom is 0.225 e. The van der Waals surface area contributed by atoms with Crippen molar-refractivity contribution in [3.8, 4) is 0 Å². The van der Waals surface area contributed by atoms with Gasteiger partial charge >= 0.3 is 0 Å². The number of halogens is 1. The molecule has 1 rings (SSSR count). The van der Waals surface area contributed by atoms with Crippen molar-refractivity contribution < 1.29 is 4.79 Å². The van der Waals surface area contributed by atoms with E-state index in [-0.39, 0.29) is 11.3 Å². The van der Waals surface area contributed by atoms with Crippen molar-refractivity contribution >= 4 is 21.8 Å². The van der Waals surface area contributed by atoms with E-state index in [9.17, 15) is 4.79 Å². The van der Waals surface area contributed by atoms with Gasteiger partial charge in [-0.05, 0) is 24.7 Å². The van der Waals surface area contributed by atoms with Gasteiger partial charge in [0.25, 0.3) is 0 Å². The standard InChI is InChI=1S/C11H20BrNO/c1-4-10(2,3)9(14)13-8-11(7-12)5-6-11/h4-8H2,1-3H3,(H,13,14). The molecule has 1 saturated carbocycles. The van der Waals surface area contributed by atoms with Gasteiger partial charge in [0.2, 0.25) is 5.91 Å². The molecule has 1 fully saturated rings. The lowest BCUT2D eigenvalue weighted by atomic mass is 9.89. The Morgan fingerprint density at radius 3 is 2.43 bits per heavy atom. The van der Waals surface area contributed by atoms with Crippen LogP contribution in [0.5, 0.6) is 0 Å². The van der Waals surface area contributed by atoms with Crippen LogP contribution in [-0.4, -0.2) is 17.8 Å². The van der Waals surface area contributed by atoms with Crippen molar-refractivity contribution in [2.75, 3.05) is 11.9 Å². The highest BCUT2D eigenvalue weighted by molar-refractivity contribution is 9.09. The summed E-state index contributed by atoms with van der Waals surface area (Å²) in [5.41, 5.74) is 0.155. The smallest absolute Gasteiger partial charge is 0.225 e. The number of nitrogens with one attached hydrogen (secondary N) is 1. The SMILES string of the molecule is CCC(C)(C)C(=O)NCC1(CBr)CC1. The fourth-order valence-electron chi connectivity index (χ4n) is 1.20. The summed E-state index contributed by atoms with van der Waals surface area (Å²) in [4.78, 5) is 11.8. The summed E-state index contributed by atoms with van der Waals surface area (Å²) >= 11 is 3.50. The first-order valence-electron chi connectivity index (χ1n) is 5.30. The van der Waals surface area contributed by atoms with Crippen LogP contribution in [0.25, 0.3) is 0 Å². The molecule has 0 atom stereocenters. The first-order chi connectivity index (χ1) is 6.46. The summed E-state index contributed by atoms with van der Waals surface area (Å²) in [6, 6.07) is 0. The third-order valence-electron chi connectivity index (χ3n) is 3.36. The third kappa shape index (κ3) is 2.72. The topological polar surface area (TPSA) is 29.1 Å². The fraction of sp³-hybridized carbons (Fsp3) is 0.909. The molecule has 0 bridgehead atoms. The molecule has 0 spiro atoms. The lowest BCUT2D eigenvalue weighted by Gasteiger charge is -2.23. The lowest BCUT2D eigenvalue weighted by molar-refractivity contribution is -0.129. The van der Waals surface area contributed by atoms with Crippen molar-refractivity contribution in [3.05, 3.63) is 0 Å². The average Bonchev–Trinajstić information content (AvgIpc) is 2.95. The van der Waals surface area contributed by atoms with E-state index in [0.717, 1.165) is 18.3 Å². The Balaban J connectivity index is 2.35. The first-order valence-corrected chi connectivity index (χ1v) is 6.42. The van der Waals surface area contributed by atoms with Crippen molar-refractivity contribution in [1.82, 2.24) is 5.32 Å². The number of rotatable bonds is 5. The minimum Gasteiger partial charge on any atom is -0.355 e. The minimum atomic E-state index is -0.220. The van der Waals surface area contributed by atoms with E-state index < -0.39 is 0 Å². The Bertz CT molecular complexity index is 221. The first kappa shape index (κ1) is 12.0. The highest BCUT2D eigenvalue weighted by Crippen LogP contribution is 2.46. The van der Waals surface area contributed by atoms with Gasteiger partial charge in [-0.25, -0.2) is 0 Å². The summed E-state index contributed by atoms with van der Waals surface area (Å²) in [5.74, 6) is 0.187. The van der Waals surface area contributed by atoms with E-state index in [0.29, 0.717) is 5.41 Å². The van der Waals surface area contributed by atoms with Gasteiger partial charge in [-0.1, -0.05) is 36.7 Å². The molecule has 0 unspecified atom stereocenters. The summed E-state index contributed by atoms with van der Waals surface area (Å²) in [5, 5.41) is 4.07. The van der Waals surface area contributed by atoms with E-state index in [4.69, 9.17) is 0 Å². The zero-order chi connectivity index (χ0) is 10.8. The predicted octanol–water partition coefficient (Wildman–Crippen LogP) is 2.71. The molecule has 0 aromatic heterocycles. The molecule has 1 aliphatic carbocycles. The third-order valence-corrected chi connectivity index (χ3v) is 4.55. The van der Waals surface area contributed by atoms with Gasteiger partial charge in [-0.3, -0.25) is 4.79 Å². The van der Waals surface area contributed by atoms with Crippen LogP contribution in [0.2, 0.25) is 0 Å². The number of amides is 1. The molecular formula is C11H20BrNO. The summed E-state index contributed by atoms with van der Waals surface area (Å²) in [6.45, 7) is 6.88. The van der Waals surface area contributed by atoms with E-state index in [1.54, 1.807) is 0 Å². The molecule has 0 aromatic rings. The Hall–Kier alpha value is -0.0500.